The van der Waals surface area contributed by atoms with Crippen LogP contribution in [0.4, 0.5) is 4.39 Å². The minimum Gasteiger partial charge on any atom is -0.481 e. The summed E-state index contributed by atoms with van der Waals surface area (Å²) >= 11 is 0. The molecular weight excluding hydrogens is 295 g/mol. The Hall–Kier alpha value is -1.91. The first-order chi connectivity index (χ1) is 10.8. The quantitative estimate of drug-likeness (QED) is 0.864. The van der Waals surface area contributed by atoms with Gasteiger partial charge in [-0.1, -0.05) is 32.9 Å². The molecule has 1 aromatic rings. The van der Waals surface area contributed by atoms with Crippen molar-refractivity contribution in [3.63, 3.8) is 0 Å². The zero-order chi connectivity index (χ0) is 16.7. The molecule has 2 fully saturated rings. The summed E-state index contributed by atoms with van der Waals surface area (Å²) in [6.07, 6.45) is 3.29. The van der Waals surface area contributed by atoms with Crippen LogP contribution in [0.3, 0.4) is 0 Å². The van der Waals surface area contributed by atoms with Crippen LogP contribution in [0.25, 0.3) is 0 Å². The Bertz CT molecular complexity index is 656. The van der Waals surface area contributed by atoms with Gasteiger partial charge in [0.05, 0.1) is 0 Å². The fraction of sp³-hybridized carbons (Fsp3) is 0.556. The van der Waals surface area contributed by atoms with Crippen molar-refractivity contribution in [3.05, 3.63) is 30.1 Å². The molecule has 23 heavy (non-hydrogen) atoms. The molecule has 0 aromatic heterocycles. The highest BCUT2D eigenvalue weighted by Crippen LogP contribution is 2.63. The molecule has 1 amide bonds. The fourth-order valence-corrected chi connectivity index (χ4v) is 3.96. The number of amides is 1. The lowest BCUT2D eigenvalue weighted by molar-refractivity contribution is -0.123. The summed E-state index contributed by atoms with van der Waals surface area (Å²) in [5, 5.41) is 4.35. The van der Waals surface area contributed by atoms with Gasteiger partial charge in [-0.2, -0.15) is 5.10 Å². The third-order valence-electron chi connectivity index (χ3n) is 6.02. The third kappa shape index (κ3) is 2.62. The van der Waals surface area contributed by atoms with Crippen molar-refractivity contribution in [3.8, 4) is 5.75 Å². The number of hydrazone groups is 1. The lowest BCUT2D eigenvalue weighted by Crippen LogP contribution is -2.35. The summed E-state index contributed by atoms with van der Waals surface area (Å²) in [5.74, 6) is -0.139. The molecule has 124 valence electrons. The van der Waals surface area contributed by atoms with E-state index in [2.05, 4.69) is 31.3 Å². The van der Waals surface area contributed by atoms with E-state index in [-0.39, 0.29) is 29.1 Å². The van der Waals surface area contributed by atoms with E-state index in [1.165, 1.54) is 18.6 Å². The molecule has 2 aliphatic rings. The van der Waals surface area contributed by atoms with Crippen LogP contribution in [0.1, 0.15) is 40.0 Å². The fourth-order valence-electron chi connectivity index (χ4n) is 3.96. The van der Waals surface area contributed by atoms with Gasteiger partial charge in [0, 0.05) is 11.1 Å². The van der Waals surface area contributed by atoms with E-state index in [0.29, 0.717) is 5.92 Å². The summed E-state index contributed by atoms with van der Waals surface area (Å²) < 4.78 is 18.6. The molecule has 2 aliphatic carbocycles. The maximum Gasteiger partial charge on any atom is 0.277 e. The Kier molecular flexibility index (Phi) is 3.90. The van der Waals surface area contributed by atoms with Crippen LogP contribution in [0.15, 0.2) is 29.4 Å². The number of para-hydroxylation sites is 1. The van der Waals surface area contributed by atoms with Crippen LogP contribution in [0, 0.1) is 22.6 Å². The molecule has 0 spiro atoms. The molecule has 5 heteroatoms. The zero-order valence-electron chi connectivity index (χ0n) is 13.9. The molecule has 0 radical (unpaired) electrons. The van der Waals surface area contributed by atoms with E-state index in [0.717, 1.165) is 18.6 Å². The first kappa shape index (κ1) is 16.0. The lowest BCUT2D eigenvalue weighted by Gasteiger charge is -2.34. The Morgan fingerprint density at radius 1 is 1.39 bits per heavy atom. The SMILES string of the molecule is CC1(C)[C@H]2CC[C@]1(C)/C(=N/NC(=O)COc1ccccc1F)C2. The number of carbonyl (C=O) groups excluding carboxylic acids is 1. The van der Waals surface area contributed by atoms with Gasteiger partial charge in [-0.3, -0.25) is 4.79 Å². The lowest BCUT2D eigenvalue weighted by atomic mass is 9.70. The molecule has 1 N–H and O–H groups in total. The van der Waals surface area contributed by atoms with Crippen molar-refractivity contribution < 1.29 is 13.9 Å². The normalized spacial score (nSPS) is 29.7. The van der Waals surface area contributed by atoms with Crippen LogP contribution >= 0.6 is 0 Å². The molecule has 2 bridgehead atoms. The van der Waals surface area contributed by atoms with Crippen molar-refractivity contribution in [1.82, 2.24) is 5.43 Å². The molecule has 3 rings (SSSR count). The number of halogens is 1. The van der Waals surface area contributed by atoms with E-state index in [1.807, 2.05) is 0 Å². The summed E-state index contributed by atoms with van der Waals surface area (Å²) in [7, 11) is 0. The monoisotopic (exact) mass is 318 g/mol. The largest absolute Gasteiger partial charge is 0.481 e. The van der Waals surface area contributed by atoms with E-state index < -0.39 is 5.82 Å². The third-order valence-corrected chi connectivity index (χ3v) is 6.02. The highest BCUT2D eigenvalue weighted by Gasteiger charge is 2.59. The Morgan fingerprint density at radius 3 is 2.74 bits per heavy atom. The molecule has 2 atom stereocenters. The van der Waals surface area contributed by atoms with Gasteiger partial charge in [0.2, 0.25) is 0 Å². The first-order valence-corrected chi connectivity index (χ1v) is 8.08. The number of fused-ring (bicyclic) bond motifs is 2. The summed E-state index contributed by atoms with van der Waals surface area (Å²) in [4.78, 5) is 11.9. The highest BCUT2D eigenvalue weighted by molar-refractivity contribution is 5.95. The van der Waals surface area contributed by atoms with Crippen LogP contribution in [0.5, 0.6) is 5.75 Å². The van der Waals surface area contributed by atoms with E-state index in [9.17, 15) is 9.18 Å². The Balaban J connectivity index is 1.59. The molecule has 1 aromatic carbocycles. The molecule has 0 aliphatic heterocycles. The Morgan fingerprint density at radius 2 is 2.13 bits per heavy atom. The highest BCUT2D eigenvalue weighted by atomic mass is 19.1. The summed E-state index contributed by atoms with van der Waals surface area (Å²) in [6.45, 7) is 6.56. The minimum absolute atomic E-state index is 0.0529. The number of carbonyl (C=O) groups is 1. The number of nitrogens with zero attached hydrogens (tertiary/aromatic N) is 1. The van der Waals surface area contributed by atoms with Crippen LogP contribution < -0.4 is 10.2 Å². The van der Waals surface area contributed by atoms with Crippen LogP contribution in [-0.2, 0) is 4.79 Å². The number of rotatable bonds is 4. The van der Waals surface area contributed by atoms with E-state index >= 15 is 0 Å². The molecule has 2 saturated carbocycles. The molecule has 0 unspecified atom stereocenters. The van der Waals surface area contributed by atoms with Gasteiger partial charge in [-0.25, -0.2) is 9.82 Å². The number of nitrogens with one attached hydrogen (secondary N) is 1. The predicted octanol–water partition coefficient (Wildman–Crippen LogP) is 3.52. The van der Waals surface area contributed by atoms with Gasteiger partial charge in [-0.15, -0.1) is 0 Å². The number of hydrogen-bond donors (Lipinski definition) is 1. The van der Waals surface area contributed by atoms with Crippen molar-refractivity contribution in [2.45, 2.75) is 40.0 Å². The van der Waals surface area contributed by atoms with Crippen molar-refractivity contribution in [2.75, 3.05) is 6.61 Å². The van der Waals surface area contributed by atoms with Crippen LogP contribution in [-0.4, -0.2) is 18.2 Å². The number of benzene rings is 1. The molecule has 0 saturated heterocycles. The molecular formula is C18H23FN2O2. The maximum absolute atomic E-state index is 13.4. The number of hydrogen-bond acceptors (Lipinski definition) is 3. The van der Waals surface area contributed by atoms with Gasteiger partial charge in [0.25, 0.3) is 5.91 Å². The molecule has 0 heterocycles. The van der Waals surface area contributed by atoms with E-state index in [1.54, 1.807) is 12.1 Å². The first-order valence-electron chi connectivity index (χ1n) is 8.08. The van der Waals surface area contributed by atoms with Crippen molar-refractivity contribution in [2.24, 2.45) is 21.8 Å². The van der Waals surface area contributed by atoms with Gasteiger partial charge in [-0.05, 0) is 42.7 Å². The summed E-state index contributed by atoms with van der Waals surface area (Å²) in [6, 6.07) is 6.03. The number of ether oxygens (including phenoxy) is 1. The van der Waals surface area contributed by atoms with E-state index in [4.69, 9.17) is 4.74 Å². The summed E-state index contributed by atoms with van der Waals surface area (Å²) in [5.41, 5.74) is 3.91. The average Bonchev–Trinajstić information content (AvgIpc) is 2.85. The maximum atomic E-state index is 13.4. The van der Waals surface area contributed by atoms with Crippen LogP contribution in [0.2, 0.25) is 0 Å². The van der Waals surface area contributed by atoms with Crippen molar-refractivity contribution >= 4 is 11.6 Å². The van der Waals surface area contributed by atoms with Crippen molar-refractivity contribution in [1.29, 1.82) is 0 Å². The van der Waals surface area contributed by atoms with Gasteiger partial charge in [0.15, 0.2) is 18.2 Å². The second kappa shape index (κ2) is 5.62. The van der Waals surface area contributed by atoms with Gasteiger partial charge >= 0.3 is 0 Å². The van der Waals surface area contributed by atoms with Gasteiger partial charge in [0.1, 0.15) is 0 Å². The molecule has 4 nitrogen and oxygen atoms in total. The second-order valence-corrected chi connectivity index (χ2v) is 7.31. The standard InChI is InChI=1S/C18H23FN2O2/c1-17(2)12-8-9-18(17,3)15(10-12)20-21-16(22)11-23-14-7-5-4-6-13(14)19/h4-7,12H,8-11H2,1-3H3,(H,21,22)/b20-15+/t12-,18+/m0/s1. The topological polar surface area (TPSA) is 50.7 Å². The zero-order valence-corrected chi connectivity index (χ0v) is 13.9. The minimum atomic E-state index is -0.478. The average molecular weight is 318 g/mol. The predicted molar refractivity (Wildman–Crippen MR) is 86.7 cm³/mol. The van der Waals surface area contributed by atoms with Gasteiger partial charge < -0.3 is 4.74 Å². The second-order valence-electron chi connectivity index (χ2n) is 7.31. The smallest absolute Gasteiger partial charge is 0.277 e. The Labute approximate surface area is 136 Å².